The second kappa shape index (κ2) is 4.17. The number of hydrogen-bond acceptors (Lipinski definition) is 6. The summed E-state index contributed by atoms with van der Waals surface area (Å²) in [4.78, 5) is 23.7. The minimum atomic E-state index is -1.03. The van der Waals surface area contributed by atoms with E-state index in [1.54, 1.807) is 0 Å². The maximum atomic E-state index is 10.7. The zero-order chi connectivity index (χ0) is 10.6. The van der Waals surface area contributed by atoms with Gasteiger partial charge in [-0.25, -0.2) is 4.79 Å². The maximum absolute atomic E-state index is 10.7. The van der Waals surface area contributed by atoms with Crippen LogP contribution in [0.4, 0.5) is 10.6 Å². The first-order chi connectivity index (χ1) is 6.65. The van der Waals surface area contributed by atoms with Gasteiger partial charge in [-0.05, 0) is 22.0 Å². The molecule has 74 valence electrons. The highest BCUT2D eigenvalue weighted by Crippen LogP contribution is 2.22. The minimum absolute atomic E-state index is 0.246. The summed E-state index contributed by atoms with van der Waals surface area (Å²) < 4.78 is 8.67. The molecule has 0 atom stereocenters. The monoisotopic (exact) mass is 198 g/mol. The van der Waals surface area contributed by atoms with Crippen molar-refractivity contribution < 1.29 is 19.2 Å². The van der Waals surface area contributed by atoms with Gasteiger partial charge in [0.05, 0.1) is 7.11 Å². The van der Waals surface area contributed by atoms with E-state index in [0.717, 1.165) is 7.11 Å². The third-order valence-electron chi connectivity index (χ3n) is 1.28. The topological polar surface area (TPSA) is 91.6 Å². The van der Waals surface area contributed by atoms with Crippen LogP contribution in [0.1, 0.15) is 0 Å². The Bertz CT molecular complexity index is 365. The summed E-state index contributed by atoms with van der Waals surface area (Å²) in [5.74, 6) is -0.776. The van der Waals surface area contributed by atoms with Crippen LogP contribution in [0.15, 0.2) is 18.3 Å². The van der Waals surface area contributed by atoms with E-state index in [1.807, 2.05) is 0 Å². The molecule has 1 aromatic heterocycles. The predicted molar refractivity (Wildman–Crippen MR) is 43.9 cm³/mol. The second-order valence-electron chi connectivity index (χ2n) is 2.14. The van der Waals surface area contributed by atoms with Crippen molar-refractivity contribution in [3.8, 4) is 5.75 Å². The molecule has 0 amide bonds. The van der Waals surface area contributed by atoms with Crippen LogP contribution in [-0.2, 0) is 4.74 Å². The Hall–Kier alpha value is -2.18. The zero-order valence-corrected chi connectivity index (χ0v) is 7.17. The Morgan fingerprint density at radius 2 is 2.36 bits per heavy atom. The van der Waals surface area contributed by atoms with Crippen LogP contribution in [0, 0.1) is 10.1 Å². The van der Waals surface area contributed by atoms with E-state index in [4.69, 9.17) is 0 Å². The van der Waals surface area contributed by atoms with E-state index in [0.29, 0.717) is 0 Å². The van der Waals surface area contributed by atoms with Crippen LogP contribution < -0.4 is 4.74 Å². The SMILES string of the molecule is COC(=O)Oc1cccnc1[N+](=O)[O-]. The Morgan fingerprint density at radius 3 is 2.93 bits per heavy atom. The maximum Gasteiger partial charge on any atom is 0.513 e. The van der Waals surface area contributed by atoms with Crippen molar-refractivity contribution >= 4 is 12.0 Å². The fourth-order valence-electron chi connectivity index (χ4n) is 0.730. The molecule has 0 unspecified atom stereocenters. The molecule has 0 saturated carbocycles. The van der Waals surface area contributed by atoms with Crippen molar-refractivity contribution in [1.29, 1.82) is 0 Å². The first kappa shape index (κ1) is 9.90. The summed E-state index contributed by atoms with van der Waals surface area (Å²) in [5.41, 5.74) is 0. The molecule has 1 heterocycles. The summed E-state index contributed by atoms with van der Waals surface area (Å²) in [6.45, 7) is 0. The molecule has 0 aromatic carbocycles. The van der Waals surface area contributed by atoms with Gasteiger partial charge >= 0.3 is 12.0 Å². The van der Waals surface area contributed by atoms with E-state index in [2.05, 4.69) is 14.5 Å². The summed E-state index contributed by atoms with van der Waals surface area (Å²) in [5, 5.41) is 10.4. The van der Waals surface area contributed by atoms with E-state index in [1.165, 1.54) is 18.3 Å². The number of nitrogens with zero attached hydrogens (tertiary/aromatic N) is 2. The van der Waals surface area contributed by atoms with E-state index in [9.17, 15) is 14.9 Å². The predicted octanol–water partition coefficient (Wildman–Crippen LogP) is 1.14. The highest BCUT2D eigenvalue weighted by Gasteiger charge is 2.18. The average molecular weight is 198 g/mol. The minimum Gasteiger partial charge on any atom is -0.437 e. The van der Waals surface area contributed by atoms with Crippen LogP contribution in [-0.4, -0.2) is 23.2 Å². The van der Waals surface area contributed by atoms with Gasteiger partial charge in [0.2, 0.25) is 5.75 Å². The summed E-state index contributed by atoms with van der Waals surface area (Å²) >= 11 is 0. The van der Waals surface area contributed by atoms with Gasteiger partial charge in [-0.3, -0.25) is 0 Å². The molecule has 0 aliphatic carbocycles. The fraction of sp³-hybridized carbons (Fsp3) is 0.143. The molecule has 0 N–H and O–H groups in total. The van der Waals surface area contributed by atoms with E-state index in [-0.39, 0.29) is 5.75 Å². The highest BCUT2D eigenvalue weighted by atomic mass is 16.7. The number of carbonyl (C=O) groups excluding carboxylic acids is 1. The second-order valence-corrected chi connectivity index (χ2v) is 2.14. The third-order valence-corrected chi connectivity index (χ3v) is 1.28. The summed E-state index contributed by atoms with van der Waals surface area (Å²) in [6, 6.07) is 2.66. The number of hydrogen-bond donors (Lipinski definition) is 0. The number of nitro groups is 1. The van der Waals surface area contributed by atoms with Crippen LogP contribution in [0.2, 0.25) is 0 Å². The van der Waals surface area contributed by atoms with Crippen molar-refractivity contribution in [2.24, 2.45) is 0 Å². The van der Waals surface area contributed by atoms with Gasteiger partial charge in [0, 0.05) is 0 Å². The van der Waals surface area contributed by atoms with E-state index >= 15 is 0 Å². The summed E-state index contributed by atoms with van der Waals surface area (Å²) in [6.07, 6.45) is 0.198. The molecular formula is C7H6N2O5. The molecule has 0 spiro atoms. The lowest BCUT2D eigenvalue weighted by molar-refractivity contribution is -0.390. The fourth-order valence-corrected chi connectivity index (χ4v) is 0.730. The molecule has 0 bridgehead atoms. The van der Waals surface area contributed by atoms with Crippen LogP contribution in [0.25, 0.3) is 0 Å². The smallest absolute Gasteiger partial charge is 0.437 e. The van der Waals surface area contributed by atoms with Gasteiger partial charge < -0.3 is 19.6 Å². The first-order valence-electron chi connectivity index (χ1n) is 3.50. The molecule has 1 aromatic rings. The van der Waals surface area contributed by atoms with Crippen LogP contribution >= 0.6 is 0 Å². The van der Waals surface area contributed by atoms with Gasteiger partial charge in [0.15, 0.2) is 0 Å². The lowest BCUT2D eigenvalue weighted by Gasteiger charge is -2.01. The molecule has 0 aliphatic heterocycles. The Kier molecular flexibility index (Phi) is 2.95. The summed E-state index contributed by atoms with van der Waals surface area (Å²) in [7, 11) is 1.10. The number of aromatic nitrogens is 1. The van der Waals surface area contributed by atoms with Crippen molar-refractivity contribution in [3.63, 3.8) is 0 Å². The van der Waals surface area contributed by atoms with Crippen LogP contribution in [0.3, 0.4) is 0 Å². The number of rotatable bonds is 2. The lowest BCUT2D eigenvalue weighted by atomic mass is 10.4. The van der Waals surface area contributed by atoms with Crippen LogP contribution in [0.5, 0.6) is 5.75 Å². The number of ether oxygens (including phenoxy) is 2. The van der Waals surface area contributed by atoms with Gasteiger partial charge in [0.1, 0.15) is 6.20 Å². The third kappa shape index (κ3) is 2.16. The molecular weight excluding hydrogens is 192 g/mol. The van der Waals surface area contributed by atoms with Gasteiger partial charge in [-0.1, -0.05) is 0 Å². The van der Waals surface area contributed by atoms with Gasteiger partial charge in [-0.2, -0.15) is 0 Å². The average Bonchev–Trinajstić information content (AvgIpc) is 2.18. The van der Waals surface area contributed by atoms with Crippen molar-refractivity contribution in [2.45, 2.75) is 0 Å². The molecule has 0 aliphatic rings. The van der Waals surface area contributed by atoms with E-state index < -0.39 is 16.9 Å². The number of pyridine rings is 1. The molecule has 0 saturated heterocycles. The van der Waals surface area contributed by atoms with Gasteiger partial charge in [0.25, 0.3) is 0 Å². The Balaban J connectivity index is 2.95. The molecule has 14 heavy (non-hydrogen) atoms. The Morgan fingerprint density at radius 1 is 1.64 bits per heavy atom. The zero-order valence-electron chi connectivity index (χ0n) is 7.17. The lowest BCUT2D eigenvalue weighted by Crippen LogP contribution is -2.09. The molecule has 0 fully saturated rings. The molecule has 1 rings (SSSR count). The first-order valence-corrected chi connectivity index (χ1v) is 3.50. The molecule has 7 nitrogen and oxygen atoms in total. The standard InChI is InChI=1S/C7H6N2O5/c1-13-7(10)14-5-3-2-4-8-6(5)9(11)12/h2-4H,1H3. The Labute approximate surface area is 78.4 Å². The van der Waals surface area contributed by atoms with Gasteiger partial charge in [-0.15, -0.1) is 0 Å². The van der Waals surface area contributed by atoms with Crippen molar-refractivity contribution in [3.05, 3.63) is 28.4 Å². The largest absolute Gasteiger partial charge is 0.513 e. The molecule has 0 radical (unpaired) electrons. The number of carbonyl (C=O) groups is 1. The van der Waals surface area contributed by atoms with Crippen molar-refractivity contribution in [2.75, 3.05) is 7.11 Å². The number of methoxy groups -OCH3 is 1. The molecule has 7 heteroatoms. The highest BCUT2D eigenvalue weighted by molar-refractivity contribution is 5.65. The van der Waals surface area contributed by atoms with Crippen molar-refractivity contribution in [1.82, 2.24) is 4.98 Å². The normalized spacial score (nSPS) is 9.21. The quantitative estimate of drug-likeness (QED) is 0.402.